The Balaban J connectivity index is 1.34. The van der Waals surface area contributed by atoms with Crippen LogP contribution in [0.1, 0.15) is 10.5 Å². The first-order valence-corrected chi connectivity index (χ1v) is 8.82. The summed E-state index contributed by atoms with van der Waals surface area (Å²) in [7, 11) is 0. The zero-order valence-electron chi connectivity index (χ0n) is 15.0. The van der Waals surface area contributed by atoms with Crippen molar-refractivity contribution in [1.29, 1.82) is 0 Å². The fourth-order valence-electron chi connectivity index (χ4n) is 2.97. The fraction of sp³-hybridized carbons (Fsp3) is 0. The highest BCUT2D eigenvalue weighted by Crippen LogP contribution is 2.27. The SMILES string of the molecule is O=C(Nc1cccc(-c2cc(Nc3ccc4[nH]ncc4c3)no2)c1)c1c[nH]cn1. The molecule has 2 aromatic carbocycles. The van der Waals surface area contributed by atoms with Crippen LogP contribution in [0.5, 0.6) is 0 Å². The Morgan fingerprint density at radius 3 is 2.93 bits per heavy atom. The molecule has 0 aliphatic heterocycles. The number of nitrogens with zero attached hydrogens (tertiary/aromatic N) is 3. The number of carbonyl (C=O) groups is 1. The molecule has 3 aromatic heterocycles. The van der Waals surface area contributed by atoms with Gasteiger partial charge < -0.3 is 20.1 Å². The molecule has 5 aromatic rings. The van der Waals surface area contributed by atoms with E-state index in [2.05, 4.69) is 36.0 Å². The number of anilines is 3. The molecule has 0 radical (unpaired) electrons. The fourth-order valence-corrected chi connectivity index (χ4v) is 2.97. The predicted octanol–water partition coefficient (Wildman–Crippen LogP) is 3.94. The molecule has 0 aliphatic rings. The topological polar surface area (TPSA) is 125 Å². The van der Waals surface area contributed by atoms with Crippen molar-refractivity contribution in [1.82, 2.24) is 25.3 Å². The average Bonchev–Trinajstić information content (AvgIpc) is 3.49. The van der Waals surface area contributed by atoms with Crippen LogP contribution in [0.25, 0.3) is 22.2 Å². The molecular weight excluding hydrogens is 370 g/mol. The normalized spacial score (nSPS) is 10.9. The number of aromatic amines is 2. The third-order valence-corrected chi connectivity index (χ3v) is 4.36. The van der Waals surface area contributed by atoms with E-state index in [0.717, 1.165) is 22.2 Å². The van der Waals surface area contributed by atoms with E-state index in [4.69, 9.17) is 4.52 Å². The zero-order chi connectivity index (χ0) is 19.6. The Morgan fingerprint density at radius 1 is 1.07 bits per heavy atom. The van der Waals surface area contributed by atoms with Crippen molar-refractivity contribution in [3.05, 3.63) is 72.9 Å². The minimum absolute atomic E-state index is 0.294. The van der Waals surface area contributed by atoms with Crippen molar-refractivity contribution in [3.63, 3.8) is 0 Å². The van der Waals surface area contributed by atoms with Gasteiger partial charge in [-0.1, -0.05) is 17.3 Å². The summed E-state index contributed by atoms with van der Waals surface area (Å²) in [6.45, 7) is 0. The molecule has 9 heteroatoms. The largest absolute Gasteiger partial charge is 0.354 e. The maximum absolute atomic E-state index is 12.2. The summed E-state index contributed by atoms with van der Waals surface area (Å²) in [5, 5.41) is 18.0. The molecular formula is C20H15N7O2. The van der Waals surface area contributed by atoms with E-state index in [-0.39, 0.29) is 5.91 Å². The number of fused-ring (bicyclic) bond motifs is 1. The highest BCUT2D eigenvalue weighted by Gasteiger charge is 2.11. The summed E-state index contributed by atoms with van der Waals surface area (Å²) < 4.78 is 5.47. The highest BCUT2D eigenvalue weighted by atomic mass is 16.5. The monoisotopic (exact) mass is 385 g/mol. The number of rotatable bonds is 5. The van der Waals surface area contributed by atoms with Gasteiger partial charge in [-0.05, 0) is 30.3 Å². The summed E-state index contributed by atoms with van der Waals surface area (Å²) in [6, 6.07) is 15.0. The van der Waals surface area contributed by atoms with Gasteiger partial charge in [-0.15, -0.1) is 0 Å². The molecule has 0 atom stereocenters. The second-order valence-electron chi connectivity index (χ2n) is 6.36. The molecule has 29 heavy (non-hydrogen) atoms. The third kappa shape index (κ3) is 3.44. The molecule has 0 saturated carbocycles. The van der Waals surface area contributed by atoms with Gasteiger partial charge in [0.2, 0.25) is 0 Å². The number of benzene rings is 2. The van der Waals surface area contributed by atoms with E-state index in [0.29, 0.717) is 23.0 Å². The molecule has 0 saturated heterocycles. The molecule has 4 N–H and O–H groups in total. The van der Waals surface area contributed by atoms with Gasteiger partial charge in [0.1, 0.15) is 5.69 Å². The number of aromatic nitrogens is 5. The average molecular weight is 385 g/mol. The maximum atomic E-state index is 12.2. The van der Waals surface area contributed by atoms with E-state index in [1.807, 2.05) is 36.4 Å². The van der Waals surface area contributed by atoms with E-state index >= 15 is 0 Å². The number of carbonyl (C=O) groups excluding carboxylic acids is 1. The number of H-pyrrole nitrogens is 2. The quantitative estimate of drug-likeness (QED) is 0.363. The first kappa shape index (κ1) is 16.8. The van der Waals surface area contributed by atoms with E-state index < -0.39 is 0 Å². The van der Waals surface area contributed by atoms with E-state index in [1.54, 1.807) is 18.3 Å². The molecule has 3 heterocycles. The van der Waals surface area contributed by atoms with Gasteiger partial charge in [0, 0.05) is 34.6 Å². The zero-order valence-corrected chi connectivity index (χ0v) is 15.0. The molecule has 1 amide bonds. The van der Waals surface area contributed by atoms with Gasteiger partial charge in [-0.25, -0.2) is 4.98 Å². The van der Waals surface area contributed by atoms with Gasteiger partial charge in [0.05, 0.1) is 18.0 Å². The molecule has 142 valence electrons. The van der Waals surface area contributed by atoms with Crippen molar-refractivity contribution >= 4 is 34.0 Å². The Morgan fingerprint density at radius 2 is 2.03 bits per heavy atom. The summed E-state index contributed by atoms with van der Waals surface area (Å²) in [5.74, 6) is 0.861. The number of hydrogen-bond donors (Lipinski definition) is 4. The number of imidazole rings is 1. The van der Waals surface area contributed by atoms with Gasteiger partial charge >= 0.3 is 0 Å². The lowest BCUT2D eigenvalue weighted by Crippen LogP contribution is -2.12. The van der Waals surface area contributed by atoms with Crippen LogP contribution in [-0.4, -0.2) is 31.2 Å². The van der Waals surface area contributed by atoms with Crippen LogP contribution in [0.15, 0.2) is 71.8 Å². The van der Waals surface area contributed by atoms with E-state index in [9.17, 15) is 4.79 Å². The van der Waals surface area contributed by atoms with Crippen LogP contribution in [0.3, 0.4) is 0 Å². The highest BCUT2D eigenvalue weighted by molar-refractivity contribution is 6.02. The lowest BCUT2D eigenvalue weighted by molar-refractivity contribution is 0.102. The Bertz CT molecular complexity index is 1290. The molecule has 0 aliphatic carbocycles. The van der Waals surface area contributed by atoms with Crippen LogP contribution >= 0.6 is 0 Å². The summed E-state index contributed by atoms with van der Waals surface area (Å²) in [5.41, 5.74) is 3.57. The van der Waals surface area contributed by atoms with Gasteiger partial charge in [0.25, 0.3) is 5.91 Å². The van der Waals surface area contributed by atoms with Crippen molar-refractivity contribution in [2.24, 2.45) is 0 Å². The smallest absolute Gasteiger partial charge is 0.275 e. The van der Waals surface area contributed by atoms with Crippen LogP contribution in [0, 0.1) is 0 Å². The van der Waals surface area contributed by atoms with Crippen molar-refractivity contribution < 1.29 is 9.32 Å². The van der Waals surface area contributed by atoms with Crippen LogP contribution in [0.2, 0.25) is 0 Å². The number of nitrogens with one attached hydrogen (secondary N) is 4. The van der Waals surface area contributed by atoms with Crippen LogP contribution in [0.4, 0.5) is 17.2 Å². The Hall–Kier alpha value is -4.40. The minimum Gasteiger partial charge on any atom is -0.354 e. The lowest BCUT2D eigenvalue weighted by atomic mass is 10.1. The van der Waals surface area contributed by atoms with Gasteiger partial charge in [-0.2, -0.15) is 5.10 Å². The van der Waals surface area contributed by atoms with E-state index in [1.165, 1.54) is 12.5 Å². The standard InChI is InChI=1S/C20H15N7O2/c28-20(17-10-21-11-22-17)25-14-3-1-2-12(6-14)18-8-19(27-29-18)24-15-4-5-16-13(7-15)9-23-26-16/h1-11H,(H,21,22)(H,23,26)(H,24,27)(H,25,28). The van der Waals surface area contributed by atoms with Crippen LogP contribution in [-0.2, 0) is 0 Å². The summed E-state index contributed by atoms with van der Waals surface area (Å²) in [4.78, 5) is 18.9. The second-order valence-corrected chi connectivity index (χ2v) is 6.36. The Labute approximate surface area is 164 Å². The molecule has 5 rings (SSSR count). The molecule has 0 spiro atoms. The first-order chi connectivity index (χ1) is 14.2. The van der Waals surface area contributed by atoms with Gasteiger partial charge in [-0.3, -0.25) is 9.89 Å². The number of amides is 1. The maximum Gasteiger partial charge on any atom is 0.275 e. The van der Waals surface area contributed by atoms with Crippen molar-refractivity contribution in [3.8, 4) is 11.3 Å². The van der Waals surface area contributed by atoms with Crippen molar-refractivity contribution in [2.45, 2.75) is 0 Å². The third-order valence-electron chi connectivity index (χ3n) is 4.36. The molecule has 0 fully saturated rings. The molecule has 9 nitrogen and oxygen atoms in total. The second kappa shape index (κ2) is 6.97. The number of hydrogen-bond acceptors (Lipinski definition) is 6. The minimum atomic E-state index is -0.294. The van der Waals surface area contributed by atoms with Crippen molar-refractivity contribution in [2.75, 3.05) is 10.6 Å². The summed E-state index contributed by atoms with van der Waals surface area (Å²) >= 11 is 0. The Kier molecular flexibility index (Phi) is 4.02. The first-order valence-electron chi connectivity index (χ1n) is 8.82. The van der Waals surface area contributed by atoms with Crippen LogP contribution < -0.4 is 10.6 Å². The lowest BCUT2D eigenvalue weighted by Gasteiger charge is -2.04. The predicted molar refractivity (Wildman–Crippen MR) is 108 cm³/mol. The molecule has 0 bridgehead atoms. The summed E-state index contributed by atoms with van der Waals surface area (Å²) in [6.07, 6.45) is 4.75. The van der Waals surface area contributed by atoms with Gasteiger partial charge in [0.15, 0.2) is 11.6 Å². The molecule has 0 unspecified atom stereocenters.